The van der Waals surface area contributed by atoms with Crippen molar-refractivity contribution in [2.24, 2.45) is 0 Å². The minimum absolute atomic E-state index is 0.233. The van der Waals surface area contributed by atoms with Gasteiger partial charge < -0.3 is 15.1 Å². The molecule has 2 amide bonds. The second kappa shape index (κ2) is 9.67. The molecule has 8 heteroatoms. The summed E-state index contributed by atoms with van der Waals surface area (Å²) in [4.78, 5) is 33.1. The Morgan fingerprint density at radius 1 is 1.03 bits per heavy atom. The number of carbonyl (C=O) groups is 2. The minimum Gasteiger partial charge on any atom is -0.455 e. The second-order valence-electron chi connectivity index (χ2n) is 7.40. The Balaban J connectivity index is 1.75. The van der Waals surface area contributed by atoms with Crippen molar-refractivity contribution in [1.82, 2.24) is 15.3 Å². The molecule has 0 aliphatic heterocycles. The Morgan fingerprint density at radius 2 is 1.82 bits per heavy atom. The topological polar surface area (TPSA) is 97.1 Å². The molecule has 0 saturated heterocycles. The lowest BCUT2D eigenvalue weighted by Crippen LogP contribution is -2.23. The van der Waals surface area contributed by atoms with E-state index in [4.69, 9.17) is 16.0 Å². The summed E-state index contributed by atoms with van der Waals surface area (Å²) in [7, 11) is 0. The van der Waals surface area contributed by atoms with Crippen LogP contribution in [0.2, 0.25) is 5.02 Å². The number of carbonyl (C=O) groups excluding carboxylic acids is 2. The number of aryl methyl sites for hydroxylation is 1. The van der Waals surface area contributed by atoms with Crippen molar-refractivity contribution in [1.29, 1.82) is 0 Å². The highest BCUT2D eigenvalue weighted by Crippen LogP contribution is 2.37. The zero-order valence-electron chi connectivity index (χ0n) is 18.1. The molecule has 0 aliphatic carbocycles. The quantitative estimate of drug-likeness (QED) is 0.409. The minimum atomic E-state index is -0.320. The number of hydrogen-bond donors (Lipinski definition) is 2. The Labute approximate surface area is 195 Å². The Kier molecular flexibility index (Phi) is 6.51. The second-order valence-corrected chi connectivity index (χ2v) is 7.81. The molecule has 7 nitrogen and oxygen atoms in total. The third-order valence-corrected chi connectivity index (χ3v) is 5.25. The highest BCUT2D eigenvalue weighted by molar-refractivity contribution is 6.33. The van der Waals surface area contributed by atoms with Gasteiger partial charge in [-0.25, -0.2) is 4.98 Å². The van der Waals surface area contributed by atoms with Gasteiger partial charge in [0.25, 0.3) is 5.91 Å². The van der Waals surface area contributed by atoms with Crippen LogP contribution in [0.1, 0.15) is 28.5 Å². The van der Waals surface area contributed by atoms with E-state index in [0.29, 0.717) is 39.1 Å². The molecule has 3 heterocycles. The third-order valence-electron chi connectivity index (χ3n) is 4.92. The molecule has 0 unspecified atom stereocenters. The molecule has 0 spiro atoms. The SMILES string of the molecule is CC(=O)Nc1cc(-c2cc(C(=O)NCc3ccccn3)c(-c3ccccc3Cl)o2)c(C)cn1. The van der Waals surface area contributed by atoms with Crippen LogP contribution < -0.4 is 10.6 Å². The van der Waals surface area contributed by atoms with E-state index >= 15 is 0 Å². The highest BCUT2D eigenvalue weighted by atomic mass is 35.5. The Bertz CT molecular complexity index is 1320. The number of furan rings is 1. The molecule has 0 bridgehead atoms. The zero-order chi connectivity index (χ0) is 23.4. The molecule has 0 fully saturated rings. The van der Waals surface area contributed by atoms with E-state index in [9.17, 15) is 9.59 Å². The van der Waals surface area contributed by atoms with Crippen LogP contribution in [0.3, 0.4) is 0 Å². The van der Waals surface area contributed by atoms with Crippen molar-refractivity contribution in [3.8, 4) is 22.6 Å². The van der Waals surface area contributed by atoms with E-state index in [1.165, 1.54) is 6.92 Å². The molecule has 0 aliphatic rings. The fourth-order valence-corrected chi connectivity index (χ4v) is 3.57. The summed E-state index contributed by atoms with van der Waals surface area (Å²) in [5, 5.41) is 6.02. The number of rotatable bonds is 6. The number of amides is 2. The predicted molar refractivity (Wildman–Crippen MR) is 127 cm³/mol. The van der Waals surface area contributed by atoms with Crippen LogP contribution in [0.4, 0.5) is 5.82 Å². The van der Waals surface area contributed by atoms with E-state index in [0.717, 1.165) is 11.3 Å². The lowest BCUT2D eigenvalue weighted by atomic mass is 10.1. The summed E-state index contributed by atoms with van der Waals surface area (Å²) in [5.41, 5.74) is 3.20. The molecule has 3 aromatic heterocycles. The highest BCUT2D eigenvalue weighted by Gasteiger charge is 2.23. The fourth-order valence-electron chi connectivity index (χ4n) is 3.34. The first-order valence-electron chi connectivity index (χ1n) is 10.2. The van der Waals surface area contributed by atoms with Crippen molar-refractivity contribution in [3.63, 3.8) is 0 Å². The summed E-state index contributed by atoms with van der Waals surface area (Å²) in [6, 6.07) is 16.1. The van der Waals surface area contributed by atoms with Crippen molar-refractivity contribution in [3.05, 3.63) is 88.8 Å². The number of anilines is 1. The van der Waals surface area contributed by atoms with Crippen LogP contribution >= 0.6 is 11.6 Å². The number of nitrogens with zero attached hydrogens (tertiary/aromatic N) is 2. The van der Waals surface area contributed by atoms with Gasteiger partial charge in [-0.1, -0.05) is 29.8 Å². The number of pyridine rings is 2. The lowest BCUT2D eigenvalue weighted by molar-refractivity contribution is -0.114. The maximum atomic E-state index is 13.2. The summed E-state index contributed by atoms with van der Waals surface area (Å²) in [5.74, 6) is 0.647. The van der Waals surface area contributed by atoms with E-state index in [-0.39, 0.29) is 18.4 Å². The normalized spacial score (nSPS) is 10.6. The number of halogens is 1. The van der Waals surface area contributed by atoms with Crippen molar-refractivity contribution < 1.29 is 14.0 Å². The van der Waals surface area contributed by atoms with Gasteiger partial charge in [-0.15, -0.1) is 0 Å². The number of hydrogen-bond acceptors (Lipinski definition) is 5. The van der Waals surface area contributed by atoms with Gasteiger partial charge in [-0.3, -0.25) is 14.6 Å². The molecule has 166 valence electrons. The third kappa shape index (κ3) is 5.10. The number of aromatic nitrogens is 2. The molecule has 4 rings (SSSR count). The van der Waals surface area contributed by atoms with E-state index in [1.54, 1.807) is 36.7 Å². The van der Waals surface area contributed by atoms with Crippen molar-refractivity contribution >= 4 is 29.2 Å². The van der Waals surface area contributed by atoms with Gasteiger partial charge in [0.15, 0.2) is 0 Å². The Hall–Kier alpha value is -3.97. The number of nitrogens with one attached hydrogen (secondary N) is 2. The average molecular weight is 461 g/mol. The first-order chi connectivity index (χ1) is 15.9. The van der Waals surface area contributed by atoms with Gasteiger partial charge in [-0.2, -0.15) is 0 Å². The smallest absolute Gasteiger partial charge is 0.255 e. The lowest BCUT2D eigenvalue weighted by Gasteiger charge is -2.07. The summed E-state index contributed by atoms with van der Waals surface area (Å²) in [6.07, 6.45) is 3.31. The van der Waals surface area contributed by atoms with Crippen LogP contribution in [-0.2, 0) is 11.3 Å². The molecular formula is C25H21ClN4O3. The first-order valence-corrected chi connectivity index (χ1v) is 10.6. The van der Waals surface area contributed by atoms with E-state index in [2.05, 4.69) is 20.6 Å². The molecule has 2 N–H and O–H groups in total. The molecule has 33 heavy (non-hydrogen) atoms. The summed E-state index contributed by atoms with van der Waals surface area (Å²) >= 11 is 6.42. The van der Waals surface area contributed by atoms with Crippen molar-refractivity contribution in [2.45, 2.75) is 20.4 Å². The maximum absolute atomic E-state index is 13.2. The van der Waals surface area contributed by atoms with Gasteiger partial charge in [0.2, 0.25) is 5.91 Å². The van der Waals surface area contributed by atoms with Crippen LogP contribution in [0.15, 0.2) is 71.4 Å². The van der Waals surface area contributed by atoms with Gasteiger partial charge in [-0.05, 0) is 48.9 Å². The van der Waals surface area contributed by atoms with Gasteiger partial charge in [0.1, 0.15) is 17.3 Å². The molecule has 1 aromatic carbocycles. The van der Waals surface area contributed by atoms with Gasteiger partial charge >= 0.3 is 0 Å². The first kappa shape index (κ1) is 22.2. The maximum Gasteiger partial charge on any atom is 0.255 e. The average Bonchev–Trinajstić information content (AvgIpc) is 3.24. The van der Waals surface area contributed by atoms with Crippen LogP contribution in [0.25, 0.3) is 22.6 Å². The van der Waals surface area contributed by atoms with Crippen LogP contribution in [-0.4, -0.2) is 21.8 Å². The summed E-state index contributed by atoms with van der Waals surface area (Å²) < 4.78 is 6.18. The van der Waals surface area contributed by atoms with E-state index in [1.807, 2.05) is 37.3 Å². The molecular weight excluding hydrogens is 440 g/mol. The monoisotopic (exact) mass is 460 g/mol. The zero-order valence-corrected chi connectivity index (χ0v) is 18.8. The van der Waals surface area contributed by atoms with Crippen LogP contribution in [0.5, 0.6) is 0 Å². The molecule has 0 atom stereocenters. The summed E-state index contributed by atoms with van der Waals surface area (Å²) in [6.45, 7) is 3.55. The predicted octanol–water partition coefficient (Wildman–Crippen LogP) is 5.25. The molecule has 4 aromatic rings. The molecule has 0 radical (unpaired) electrons. The van der Waals surface area contributed by atoms with Gasteiger partial charge in [0.05, 0.1) is 22.8 Å². The van der Waals surface area contributed by atoms with Crippen LogP contribution in [0, 0.1) is 6.92 Å². The van der Waals surface area contributed by atoms with Crippen molar-refractivity contribution in [2.75, 3.05) is 5.32 Å². The Morgan fingerprint density at radius 3 is 2.55 bits per heavy atom. The standard InChI is InChI=1S/C25H21ClN4O3/c1-15-13-28-23(30-16(2)31)12-19(15)22-11-20(24(33-22)18-8-3-4-9-21(18)26)25(32)29-14-17-7-5-6-10-27-17/h3-13H,14H2,1-2H3,(H,29,32)(H,28,30,31). The van der Waals surface area contributed by atoms with E-state index < -0.39 is 0 Å². The largest absolute Gasteiger partial charge is 0.455 e. The molecule has 0 saturated carbocycles. The van der Waals surface area contributed by atoms with Gasteiger partial charge in [0, 0.05) is 30.4 Å². The fraction of sp³-hybridized carbons (Fsp3) is 0.120. The number of benzene rings is 1.